The number of hydrogen-bond acceptors (Lipinski definition) is 12. The van der Waals surface area contributed by atoms with Gasteiger partial charge < -0.3 is 46.0 Å². The lowest BCUT2D eigenvalue weighted by Gasteiger charge is -2.21. The van der Waals surface area contributed by atoms with Crippen LogP contribution in [0.2, 0.25) is 0 Å². The number of carbonyl (C=O) groups is 1. The summed E-state index contributed by atoms with van der Waals surface area (Å²) < 4.78 is 6.76. The lowest BCUT2D eigenvalue weighted by molar-refractivity contribution is -0.171. The van der Waals surface area contributed by atoms with E-state index in [1.807, 2.05) is 36.4 Å². The van der Waals surface area contributed by atoms with Crippen LogP contribution in [0.25, 0.3) is 11.2 Å². The molecule has 14 heteroatoms. The number of rotatable bonds is 11. The van der Waals surface area contributed by atoms with Crippen molar-refractivity contribution in [1.82, 2.24) is 25.0 Å². The van der Waals surface area contributed by atoms with Gasteiger partial charge in [0.15, 0.2) is 17.4 Å². The third kappa shape index (κ3) is 6.41. The molecule has 0 radical (unpaired) electrons. The molecule has 2 fully saturated rings. The Labute approximate surface area is 259 Å². The highest BCUT2D eigenvalue weighted by Crippen LogP contribution is 2.29. The molecule has 14 nitrogen and oxygen atoms in total. The van der Waals surface area contributed by atoms with Crippen molar-refractivity contribution in [2.75, 3.05) is 23.7 Å². The molecule has 6 rings (SSSR count). The first-order valence-corrected chi connectivity index (χ1v) is 15.0. The molecule has 1 saturated heterocycles. The molecule has 1 aliphatic heterocycles. The van der Waals surface area contributed by atoms with E-state index in [0.717, 1.165) is 11.1 Å². The predicted octanol–water partition coefficient (Wildman–Crippen LogP) is 0.378. The van der Waals surface area contributed by atoms with Gasteiger partial charge in [-0.2, -0.15) is 9.97 Å². The number of amides is 1. The van der Waals surface area contributed by atoms with E-state index in [9.17, 15) is 25.2 Å². The van der Waals surface area contributed by atoms with Crippen molar-refractivity contribution in [3.05, 3.63) is 78.1 Å². The topological polar surface area (TPSA) is 196 Å². The Morgan fingerprint density at radius 2 is 1.67 bits per heavy atom. The molecule has 1 aliphatic carbocycles. The molecule has 7 atom stereocenters. The second kappa shape index (κ2) is 13.3. The molecular weight excluding hydrogens is 582 g/mol. The Morgan fingerprint density at radius 1 is 0.978 bits per heavy atom. The maximum atomic E-state index is 12.3. The van der Waals surface area contributed by atoms with Gasteiger partial charge in [0.05, 0.1) is 18.2 Å². The fraction of sp³-hybridized carbons (Fsp3) is 0.419. The zero-order chi connectivity index (χ0) is 31.5. The minimum Gasteiger partial charge on any atom is -0.390 e. The normalized spacial score (nSPS) is 26.3. The molecular formula is C31H37N7O7. The molecule has 0 bridgehead atoms. The number of aliphatic hydroxyl groups excluding tert-OH is 4. The second-order valence-corrected chi connectivity index (χ2v) is 11.2. The zero-order valence-electron chi connectivity index (χ0n) is 24.6. The van der Waals surface area contributed by atoms with Crippen LogP contribution in [0.4, 0.5) is 11.8 Å². The van der Waals surface area contributed by atoms with Gasteiger partial charge in [0.1, 0.15) is 18.5 Å². The van der Waals surface area contributed by atoms with Crippen molar-refractivity contribution in [1.29, 1.82) is 0 Å². The minimum atomic E-state index is -1.53. The average Bonchev–Trinajstić information content (AvgIpc) is 3.70. The van der Waals surface area contributed by atoms with Crippen LogP contribution < -0.4 is 20.8 Å². The summed E-state index contributed by atoms with van der Waals surface area (Å²) >= 11 is 0. The summed E-state index contributed by atoms with van der Waals surface area (Å²) in [7, 11) is 0. The number of fused-ring (bicyclic) bond motifs is 1. The smallest absolute Gasteiger partial charge is 0.254 e. The number of imidazole rings is 1. The first-order chi connectivity index (χ1) is 21.8. The summed E-state index contributed by atoms with van der Waals surface area (Å²) in [6.45, 7) is 2.50. The molecule has 7 N–H and O–H groups in total. The summed E-state index contributed by atoms with van der Waals surface area (Å²) in [5.41, 5.74) is 2.75. The summed E-state index contributed by atoms with van der Waals surface area (Å²) in [5.74, 6) is -0.0798. The second-order valence-electron chi connectivity index (χ2n) is 11.2. The largest absolute Gasteiger partial charge is 0.390 e. The first kappa shape index (κ1) is 30.7. The van der Waals surface area contributed by atoms with Crippen LogP contribution in [0.5, 0.6) is 0 Å². The van der Waals surface area contributed by atoms with Crippen LogP contribution in [0, 0.1) is 0 Å². The highest BCUT2D eigenvalue weighted by molar-refractivity contribution is 5.84. The number of aliphatic hydroxyl groups is 4. The fourth-order valence-corrected chi connectivity index (χ4v) is 5.76. The van der Waals surface area contributed by atoms with Crippen molar-refractivity contribution in [2.24, 2.45) is 0 Å². The third-order valence-electron chi connectivity index (χ3n) is 8.18. The lowest BCUT2D eigenvalue weighted by Crippen LogP contribution is -2.42. The van der Waals surface area contributed by atoms with Gasteiger partial charge in [-0.15, -0.1) is 4.73 Å². The predicted molar refractivity (Wildman–Crippen MR) is 163 cm³/mol. The average molecular weight is 620 g/mol. The number of benzene rings is 2. The van der Waals surface area contributed by atoms with Crippen molar-refractivity contribution in [3.8, 4) is 0 Å². The molecule has 4 aromatic rings. The molecule has 45 heavy (non-hydrogen) atoms. The van der Waals surface area contributed by atoms with Crippen molar-refractivity contribution in [3.63, 3.8) is 0 Å². The zero-order valence-corrected chi connectivity index (χ0v) is 24.6. The minimum absolute atomic E-state index is 0.0336. The quantitative estimate of drug-likeness (QED) is 0.122. The van der Waals surface area contributed by atoms with Gasteiger partial charge in [-0.25, -0.2) is 4.98 Å². The Morgan fingerprint density at radius 3 is 2.29 bits per heavy atom. The van der Waals surface area contributed by atoms with Crippen LogP contribution in [0.3, 0.4) is 0 Å². The Balaban J connectivity index is 1.31. The molecule has 2 aliphatic rings. The van der Waals surface area contributed by atoms with E-state index in [1.165, 1.54) is 11.1 Å². The van der Waals surface area contributed by atoms with Crippen molar-refractivity contribution >= 4 is 28.8 Å². The molecule has 1 amide bonds. The van der Waals surface area contributed by atoms with Gasteiger partial charge in [-0.1, -0.05) is 60.7 Å². The number of aromatic nitrogens is 4. The van der Waals surface area contributed by atoms with Gasteiger partial charge in [0, 0.05) is 19.0 Å². The number of likely N-dealkylation sites (N-methyl/N-ethyl adjacent to an activating group) is 1. The van der Waals surface area contributed by atoms with Crippen LogP contribution in [-0.2, 0) is 9.53 Å². The fourth-order valence-electron chi connectivity index (χ4n) is 5.76. The Bertz CT molecular complexity index is 1550. The maximum Gasteiger partial charge on any atom is 0.254 e. The van der Waals surface area contributed by atoms with Crippen LogP contribution in [0.1, 0.15) is 36.8 Å². The molecule has 3 heterocycles. The highest BCUT2D eigenvalue weighted by atomic mass is 16.8. The van der Waals surface area contributed by atoms with E-state index in [-0.39, 0.29) is 17.5 Å². The SMILES string of the molecule is CCNC(=O)[C@H]1O[C@@H](On2cnc3c(NCC(c4ccccc4)c4ccccc4)nc(NC4CCC(O)C4O)nc32)[C@H](O)[C@@H]1O. The van der Waals surface area contributed by atoms with Crippen molar-refractivity contribution < 1.29 is 34.8 Å². The van der Waals surface area contributed by atoms with Gasteiger partial charge in [0.25, 0.3) is 12.2 Å². The number of hydrogen-bond donors (Lipinski definition) is 7. The van der Waals surface area contributed by atoms with Crippen LogP contribution in [-0.4, -0.2) is 102 Å². The van der Waals surface area contributed by atoms with E-state index in [0.29, 0.717) is 37.3 Å². The van der Waals surface area contributed by atoms with E-state index in [4.69, 9.17) is 9.57 Å². The highest BCUT2D eigenvalue weighted by Gasteiger charge is 2.48. The van der Waals surface area contributed by atoms with E-state index >= 15 is 0 Å². The molecule has 238 valence electrons. The van der Waals surface area contributed by atoms with E-state index in [2.05, 4.69) is 55.2 Å². The van der Waals surface area contributed by atoms with Crippen LogP contribution in [0.15, 0.2) is 67.0 Å². The number of nitrogens with zero attached hydrogens (tertiary/aromatic N) is 4. The van der Waals surface area contributed by atoms with Crippen LogP contribution >= 0.6 is 0 Å². The van der Waals surface area contributed by atoms with E-state index in [1.54, 1.807) is 6.92 Å². The molecule has 0 spiro atoms. The summed E-state index contributed by atoms with van der Waals surface area (Å²) in [5, 5.41) is 50.7. The lowest BCUT2D eigenvalue weighted by atomic mass is 9.91. The Kier molecular flexibility index (Phi) is 9.09. The van der Waals surface area contributed by atoms with E-state index < -0.39 is 48.8 Å². The van der Waals surface area contributed by atoms with Gasteiger partial charge in [-0.3, -0.25) is 4.79 Å². The van der Waals surface area contributed by atoms with Crippen molar-refractivity contribution in [2.45, 2.75) is 68.5 Å². The van der Waals surface area contributed by atoms with Gasteiger partial charge in [-0.05, 0) is 30.9 Å². The third-order valence-corrected chi connectivity index (χ3v) is 8.18. The Hall–Kier alpha value is -4.34. The number of ether oxygens (including phenoxy) is 1. The molecule has 3 unspecified atom stereocenters. The van der Waals surface area contributed by atoms with Gasteiger partial charge >= 0.3 is 0 Å². The summed E-state index contributed by atoms with van der Waals surface area (Å²) in [4.78, 5) is 31.9. The monoisotopic (exact) mass is 619 g/mol. The summed E-state index contributed by atoms with van der Waals surface area (Å²) in [6, 6.07) is 19.7. The first-order valence-electron chi connectivity index (χ1n) is 15.0. The number of anilines is 2. The molecule has 2 aromatic heterocycles. The molecule has 2 aromatic carbocycles. The maximum absolute atomic E-state index is 12.3. The standard InChI is InChI=1S/C31H37N7O7/c1-2-32-29(43)26-24(41)25(42)30(44-26)45-38-16-34-22-27(36-31(37-28(22)38)35-20-13-14-21(39)23(20)40)33-15-19(17-9-5-3-6-10-17)18-11-7-4-8-12-18/h3-12,16,19-21,23-26,30,39-42H,2,13-15H2,1H3,(H,32,43)(H2,33,35,36,37)/t20?,21?,23?,24-,25+,26-,30-/m0/s1. The summed E-state index contributed by atoms with van der Waals surface area (Å²) in [6.07, 6.45) is -5.37. The number of carbonyl (C=O) groups excluding carboxylic acids is 1. The molecule has 1 saturated carbocycles. The number of nitrogens with one attached hydrogen (secondary N) is 3. The van der Waals surface area contributed by atoms with Gasteiger partial charge in [0.2, 0.25) is 11.6 Å².